The summed E-state index contributed by atoms with van der Waals surface area (Å²) < 4.78 is 10.0. The molecule has 1 saturated heterocycles. The molecule has 17 heavy (non-hydrogen) atoms. The number of hydrogen-bond acceptors (Lipinski definition) is 5. The molecule has 1 rings (SSSR count). The van der Waals surface area contributed by atoms with Gasteiger partial charge in [0.1, 0.15) is 0 Å². The molecule has 0 radical (unpaired) electrons. The van der Waals surface area contributed by atoms with Crippen molar-refractivity contribution >= 4 is 11.9 Å². The summed E-state index contributed by atoms with van der Waals surface area (Å²) in [7, 11) is 0. The summed E-state index contributed by atoms with van der Waals surface area (Å²) in [5, 5.41) is 3.15. The van der Waals surface area contributed by atoms with E-state index in [0.29, 0.717) is 26.2 Å². The predicted octanol–water partition coefficient (Wildman–Crippen LogP) is 0.873. The van der Waals surface area contributed by atoms with Crippen molar-refractivity contribution in [2.75, 3.05) is 26.3 Å². The molecule has 1 N–H and O–H groups in total. The molecule has 0 amide bonds. The largest absolute Gasteiger partial charge is 0.466 e. The fourth-order valence-electron chi connectivity index (χ4n) is 2.14. The van der Waals surface area contributed by atoms with Crippen LogP contribution in [0.5, 0.6) is 0 Å². The summed E-state index contributed by atoms with van der Waals surface area (Å²) in [6.45, 7) is 5.57. The first-order valence-corrected chi connectivity index (χ1v) is 6.18. The molecule has 0 aromatic carbocycles. The lowest BCUT2D eigenvalue weighted by Crippen LogP contribution is -2.47. The number of piperidine rings is 1. The van der Waals surface area contributed by atoms with Gasteiger partial charge < -0.3 is 14.8 Å². The van der Waals surface area contributed by atoms with Gasteiger partial charge in [-0.3, -0.25) is 9.59 Å². The van der Waals surface area contributed by atoms with E-state index in [1.54, 1.807) is 13.8 Å². The molecule has 0 saturated carbocycles. The Hall–Kier alpha value is -1.10. The normalized spacial score (nSPS) is 24.1. The highest BCUT2D eigenvalue weighted by atomic mass is 16.5. The number of rotatable bonds is 5. The van der Waals surface area contributed by atoms with Crippen molar-refractivity contribution in [3.63, 3.8) is 0 Å². The molecule has 0 aliphatic carbocycles. The minimum atomic E-state index is -0.736. The SMILES string of the molecule is CCOC(=O)CC1(C(=O)OCC)CCCNC1. The Morgan fingerprint density at radius 3 is 2.47 bits per heavy atom. The summed E-state index contributed by atoms with van der Waals surface area (Å²) in [6.07, 6.45) is 1.66. The van der Waals surface area contributed by atoms with Gasteiger partial charge in [0.2, 0.25) is 0 Å². The maximum atomic E-state index is 12.0. The summed E-state index contributed by atoms with van der Waals surface area (Å²) in [5.41, 5.74) is -0.736. The van der Waals surface area contributed by atoms with E-state index in [0.717, 1.165) is 13.0 Å². The van der Waals surface area contributed by atoms with E-state index in [1.165, 1.54) is 0 Å². The lowest BCUT2D eigenvalue weighted by atomic mass is 9.78. The third-order valence-corrected chi connectivity index (χ3v) is 2.97. The van der Waals surface area contributed by atoms with Crippen LogP contribution in [0.15, 0.2) is 0 Å². The van der Waals surface area contributed by atoms with Gasteiger partial charge in [0.15, 0.2) is 0 Å². The zero-order chi connectivity index (χ0) is 12.7. The predicted molar refractivity (Wildman–Crippen MR) is 62.4 cm³/mol. The molecule has 1 aliphatic heterocycles. The Bertz CT molecular complexity index is 272. The average molecular weight is 243 g/mol. The van der Waals surface area contributed by atoms with Crippen LogP contribution in [-0.2, 0) is 19.1 Å². The van der Waals surface area contributed by atoms with Crippen molar-refractivity contribution in [2.45, 2.75) is 33.1 Å². The highest BCUT2D eigenvalue weighted by Crippen LogP contribution is 2.32. The van der Waals surface area contributed by atoms with Gasteiger partial charge in [0.05, 0.1) is 25.0 Å². The first kappa shape index (κ1) is 14.0. The van der Waals surface area contributed by atoms with E-state index in [1.807, 2.05) is 0 Å². The quantitative estimate of drug-likeness (QED) is 0.726. The van der Waals surface area contributed by atoms with Gasteiger partial charge in [-0.15, -0.1) is 0 Å². The van der Waals surface area contributed by atoms with Crippen molar-refractivity contribution < 1.29 is 19.1 Å². The van der Waals surface area contributed by atoms with Gasteiger partial charge in [-0.05, 0) is 33.2 Å². The van der Waals surface area contributed by atoms with Crippen LogP contribution in [0, 0.1) is 5.41 Å². The Morgan fingerprint density at radius 1 is 1.24 bits per heavy atom. The summed E-state index contributed by atoms with van der Waals surface area (Å²) >= 11 is 0. The standard InChI is InChI=1S/C12H21NO4/c1-3-16-10(14)8-12(11(15)17-4-2)6-5-7-13-9-12/h13H,3-9H2,1-2H3. The number of esters is 2. The van der Waals surface area contributed by atoms with Crippen LogP contribution < -0.4 is 5.32 Å². The van der Waals surface area contributed by atoms with Gasteiger partial charge in [0, 0.05) is 6.54 Å². The minimum Gasteiger partial charge on any atom is -0.466 e. The molecular weight excluding hydrogens is 222 g/mol. The Kier molecular flexibility index (Phi) is 5.41. The first-order valence-electron chi connectivity index (χ1n) is 6.18. The Balaban J connectivity index is 2.70. The van der Waals surface area contributed by atoms with Crippen LogP contribution in [0.25, 0.3) is 0 Å². The molecule has 1 atom stereocenters. The van der Waals surface area contributed by atoms with E-state index >= 15 is 0 Å². The molecule has 0 aromatic heterocycles. The van der Waals surface area contributed by atoms with E-state index < -0.39 is 5.41 Å². The minimum absolute atomic E-state index is 0.104. The van der Waals surface area contributed by atoms with Gasteiger partial charge in [-0.25, -0.2) is 0 Å². The number of nitrogens with one attached hydrogen (secondary N) is 1. The van der Waals surface area contributed by atoms with Gasteiger partial charge >= 0.3 is 11.9 Å². The van der Waals surface area contributed by atoms with Gasteiger partial charge in [-0.2, -0.15) is 0 Å². The van der Waals surface area contributed by atoms with E-state index in [9.17, 15) is 9.59 Å². The number of hydrogen-bond donors (Lipinski definition) is 1. The van der Waals surface area contributed by atoms with Crippen LogP contribution in [0.2, 0.25) is 0 Å². The topological polar surface area (TPSA) is 64.6 Å². The third kappa shape index (κ3) is 3.70. The molecule has 98 valence electrons. The zero-order valence-corrected chi connectivity index (χ0v) is 10.6. The van der Waals surface area contributed by atoms with Crippen LogP contribution in [0.1, 0.15) is 33.1 Å². The molecule has 1 aliphatic rings. The van der Waals surface area contributed by atoms with Crippen molar-refractivity contribution in [1.82, 2.24) is 5.32 Å². The van der Waals surface area contributed by atoms with E-state index in [4.69, 9.17) is 9.47 Å². The number of carbonyl (C=O) groups is 2. The molecule has 1 heterocycles. The lowest BCUT2D eigenvalue weighted by Gasteiger charge is -2.34. The second kappa shape index (κ2) is 6.59. The fraction of sp³-hybridized carbons (Fsp3) is 0.833. The average Bonchev–Trinajstić information content (AvgIpc) is 2.30. The Morgan fingerprint density at radius 2 is 1.94 bits per heavy atom. The molecule has 5 nitrogen and oxygen atoms in total. The molecule has 1 unspecified atom stereocenters. The second-order valence-corrected chi connectivity index (χ2v) is 4.26. The molecule has 5 heteroatoms. The first-order chi connectivity index (χ1) is 8.14. The summed E-state index contributed by atoms with van der Waals surface area (Å²) in [5.74, 6) is -0.621. The number of ether oxygens (including phenoxy) is 2. The highest BCUT2D eigenvalue weighted by molar-refractivity contribution is 5.84. The summed E-state index contributed by atoms with van der Waals surface area (Å²) in [6, 6.07) is 0. The molecule has 0 spiro atoms. The maximum Gasteiger partial charge on any atom is 0.313 e. The van der Waals surface area contributed by atoms with Gasteiger partial charge in [-0.1, -0.05) is 0 Å². The molecule has 0 bridgehead atoms. The third-order valence-electron chi connectivity index (χ3n) is 2.97. The monoisotopic (exact) mass is 243 g/mol. The highest BCUT2D eigenvalue weighted by Gasteiger charge is 2.43. The molecule has 1 fully saturated rings. The molecular formula is C12H21NO4. The zero-order valence-electron chi connectivity index (χ0n) is 10.6. The van der Waals surface area contributed by atoms with Crippen molar-refractivity contribution in [3.05, 3.63) is 0 Å². The van der Waals surface area contributed by atoms with Crippen LogP contribution in [-0.4, -0.2) is 38.2 Å². The lowest BCUT2D eigenvalue weighted by molar-refractivity contribution is -0.163. The van der Waals surface area contributed by atoms with E-state index in [-0.39, 0.29) is 18.4 Å². The summed E-state index contributed by atoms with van der Waals surface area (Å²) in [4.78, 5) is 23.6. The van der Waals surface area contributed by atoms with Crippen LogP contribution in [0.3, 0.4) is 0 Å². The maximum absolute atomic E-state index is 12.0. The van der Waals surface area contributed by atoms with Gasteiger partial charge in [0.25, 0.3) is 0 Å². The smallest absolute Gasteiger partial charge is 0.313 e. The van der Waals surface area contributed by atoms with Crippen LogP contribution >= 0.6 is 0 Å². The van der Waals surface area contributed by atoms with Crippen molar-refractivity contribution in [2.24, 2.45) is 5.41 Å². The van der Waals surface area contributed by atoms with Crippen LogP contribution in [0.4, 0.5) is 0 Å². The number of carbonyl (C=O) groups excluding carboxylic acids is 2. The second-order valence-electron chi connectivity index (χ2n) is 4.26. The molecule has 0 aromatic rings. The van der Waals surface area contributed by atoms with Crippen molar-refractivity contribution in [3.8, 4) is 0 Å². The Labute approximate surface area is 102 Å². The van der Waals surface area contributed by atoms with E-state index in [2.05, 4.69) is 5.32 Å². The fourth-order valence-corrected chi connectivity index (χ4v) is 2.14. The van der Waals surface area contributed by atoms with Crippen molar-refractivity contribution in [1.29, 1.82) is 0 Å².